The number of alkyl halides is 1. The minimum absolute atomic E-state index is 0.143. The lowest BCUT2D eigenvalue weighted by molar-refractivity contribution is 0.00533. The predicted molar refractivity (Wildman–Crippen MR) is 78.0 cm³/mol. The van der Waals surface area contributed by atoms with Crippen molar-refractivity contribution in [3.8, 4) is 5.75 Å². The molecule has 96 valence electrons. The molecule has 0 aliphatic heterocycles. The van der Waals surface area contributed by atoms with Crippen molar-refractivity contribution in [2.75, 3.05) is 13.7 Å². The van der Waals surface area contributed by atoms with E-state index in [-0.39, 0.29) is 5.60 Å². The minimum atomic E-state index is -0.143. The quantitative estimate of drug-likeness (QED) is 0.689. The predicted octanol–water partition coefficient (Wildman–Crippen LogP) is 4.54. The van der Waals surface area contributed by atoms with E-state index in [4.69, 9.17) is 9.47 Å². The van der Waals surface area contributed by atoms with Crippen LogP contribution in [0.25, 0.3) is 0 Å². The molecule has 0 amide bonds. The molecule has 0 radical (unpaired) electrons. The zero-order chi connectivity index (χ0) is 12.9. The van der Waals surface area contributed by atoms with Gasteiger partial charge >= 0.3 is 0 Å². The van der Waals surface area contributed by atoms with Gasteiger partial charge in [0.25, 0.3) is 0 Å². The molecule has 0 aliphatic carbocycles. The van der Waals surface area contributed by atoms with Crippen LogP contribution in [0.1, 0.15) is 25.8 Å². The standard InChI is InChI=1S/C13H18Br2O2/c1-13(2,16-3)7-8-17-12-10(9-14)5-4-6-11(12)15/h4-6H,7-9H2,1-3H3. The van der Waals surface area contributed by atoms with Gasteiger partial charge in [0, 0.05) is 24.4 Å². The first-order chi connectivity index (χ1) is 8.00. The van der Waals surface area contributed by atoms with Crippen LogP contribution in [0, 0.1) is 0 Å². The zero-order valence-corrected chi connectivity index (χ0v) is 13.6. The molecule has 0 aliphatic rings. The van der Waals surface area contributed by atoms with E-state index in [1.807, 2.05) is 12.1 Å². The molecule has 1 aromatic carbocycles. The van der Waals surface area contributed by atoms with E-state index in [0.29, 0.717) is 6.61 Å². The van der Waals surface area contributed by atoms with Gasteiger partial charge in [-0.1, -0.05) is 28.1 Å². The molecule has 0 bridgehead atoms. The lowest BCUT2D eigenvalue weighted by Crippen LogP contribution is -2.25. The van der Waals surface area contributed by atoms with Crippen LogP contribution >= 0.6 is 31.9 Å². The van der Waals surface area contributed by atoms with E-state index in [2.05, 4.69) is 51.8 Å². The summed E-state index contributed by atoms with van der Waals surface area (Å²) >= 11 is 6.97. The molecule has 0 unspecified atom stereocenters. The number of benzene rings is 1. The fraction of sp³-hybridized carbons (Fsp3) is 0.538. The molecular weight excluding hydrogens is 348 g/mol. The summed E-state index contributed by atoms with van der Waals surface area (Å²) in [6, 6.07) is 6.05. The van der Waals surface area contributed by atoms with Crippen molar-refractivity contribution in [2.45, 2.75) is 31.2 Å². The fourth-order valence-corrected chi connectivity index (χ4v) is 2.28. The van der Waals surface area contributed by atoms with Gasteiger partial charge in [0.15, 0.2) is 0 Å². The number of hydrogen-bond acceptors (Lipinski definition) is 2. The molecule has 0 heterocycles. The van der Waals surface area contributed by atoms with E-state index in [0.717, 1.165) is 27.5 Å². The highest BCUT2D eigenvalue weighted by Crippen LogP contribution is 2.31. The third-order valence-electron chi connectivity index (χ3n) is 2.70. The number of rotatable bonds is 6. The first-order valence-corrected chi connectivity index (χ1v) is 7.43. The van der Waals surface area contributed by atoms with Crippen molar-refractivity contribution >= 4 is 31.9 Å². The monoisotopic (exact) mass is 364 g/mol. The Labute approximate surface area is 120 Å². The molecule has 17 heavy (non-hydrogen) atoms. The summed E-state index contributed by atoms with van der Waals surface area (Å²) in [6.07, 6.45) is 0.854. The van der Waals surface area contributed by atoms with E-state index < -0.39 is 0 Å². The summed E-state index contributed by atoms with van der Waals surface area (Å²) in [5.74, 6) is 0.913. The van der Waals surface area contributed by atoms with E-state index in [9.17, 15) is 0 Å². The maximum absolute atomic E-state index is 5.84. The summed E-state index contributed by atoms with van der Waals surface area (Å²) in [6.45, 7) is 4.76. The highest BCUT2D eigenvalue weighted by Gasteiger charge is 2.17. The Hall–Kier alpha value is -0.0600. The maximum Gasteiger partial charge on any atom is 0.137 e. The first kappa shape index (κ1) is 15.0. The van der Waals surface area contributed by atoms with Gasteiger partial charge in [-0.05, 0) is 35.8 Å². The van der Waals surface area contributed by atoms with Crippen molar-refractivity contribution in [3.63, 3.8) is 0 Å². The minimum Gasteiger partial charge on any atom is -0.492 e. The van der Waals surface area contributed by atoms with Gasteiger partial charge in [0.2, 0.25) is 0 Å². The molecule has 4 heteroatoms. The number of halogens is 2. The van der Waals surface area contributed by atoms with Crippen LogP contribution < -0.4 is 4.74 Å². The van der Waals surface area contributed by atoms with Gasteiger partial charge in [-0.25, -0.2) is 0 Å². The van der Waals surface area contributed by atoms with Gasteiger partial charge in [-0.2, -0.15) is 0 Å². The Bertz CT molecular complexity index is 364. The summed E-state index contributed by atoms with van der Waals surface area (Å²) < 4.78 is 12.2. The number of para-hydroxylation sites is 1. The van der Waals surface area contributed by atoms with Gasteiger partial charge in [-0.3, -0.25) is 0 Å². The molecule has 1 rings (SSSR count). The van der Waals surface area contributed by atoms with Crippen LogP contribution in [-0.2, 0) is 10.1 Å². The van der Waals surface area contributed by atoms with Crippen molar-refractivity contribution in [1.29, 1.82) is 0 Å². The Morgan fingerprint density at radius 3 is 2.59 bits per heavy atom. The highest BCUT2D eigenvalue weighted by atomic mass is 79.9. The van der Waals surface area contributed by atoms with Gasteiger partial charge in [0.1, 0.15) is 5.75 Å². The number of ether oxygens (including phenoxy) is 2. The normalized spacial score (nSPS) is 11.6. The summed E-state index contributed by atoms with van der Waals surface area (Å²) in [5.41, 5.74) is 1.00. The highest BCUT2D eigenvalue weighted by molar-refractivity contribution is 9.10. The summed E-state index contributed by atoms with van der Waals surface area (Å²) in [7, 11) is 1.72. The smallest absolute Gasteiger partial charge is 0.137 e. The second-order valence-corrected chi connectivity index (χ2v) is 5.84. The first-order valence-electron chi connectivity index (χ1n) is 5.51. The van der Waals surface area contributed by atoms with Crippen LogP contribution in [-0.4, -0.2) is 19.3 Å². The second-order valence-electron chi connectivity index (χ2n) is 4.42. The Morgan fingerprint density at radius 2 is 2.00 bits per heavy atom. The van der Waals surface area contributed by atoms with E-state index in [1.54, 1.807) is 7.11 Å². The summed E-state index contributed by atoms with van der Waals surface area (Å²) in [5, 5.41) is 0.787. The molecule has 0 atom stereocenters. The van der Waals surface area contributed by atoms with Gasteiger partial charge < -0.3 is 9.47 Å². The molecule has 0 N–H and O–H groups in total. The molecule has 0 saturated heterocycles. The summed E-state index contributed by atoms with van der Waals surface area (Å²) in [4.78, 5) is 0. The van der Waals surface area contributed by atoms with Crippen LogP contribution in [0.15, 0.2) is 22.7 Å². The average molecular weight is 366 g/mol. The topological polar surface area (TPSA) is 18.5 Å². The molecular formula is C13H18Br2O2. The van der Waals surface area contributed by atoms with E-state index >= 15 is 0 Å². The molecule has 0 fully saturated rings. The van der Waals surface area contributed by atoms with Crippen LogP contribution in [0.4, 0.5) is 0 Å². The average Bonchev–Trinajstić information content (AvgIpc) is 2.31. The number of hydrogen-bond donors (Lipinski definition) is 0. The second kappa shape index (κ2) is 6.76. The molecule has 0 saturated carbocycles. The Kier molecular flexibility index (Phi) is 5.97. The van der Waals surface area contributed by atoms with Gasteiger partial charge in [0.05, 0.1) is 16.7 Å². The fourth-order valence-electron chi connectivity index (χ4n) is 1.32. The SMILES string of the molecule is COC(C)(C)CCOc1c(Br)cccc1CBr. The molecule has 0 spiro atoms. The van der Waals surface area contributed by atoms with Crippen molar-refractivity contribution in [1.82, 2.24) is 0 Å². The van der Waals surface area contributed by atoms with E-state index in [1.165, 1.54) is 0 Å². The molecule has 1 aromatic rings. The maximum atomic E-state index is 5.84. The number of methoxy groups -OCH3 is 1. The molecule has 2 nitrogen and oxygen atoms in total. The molecule has 0 aromatic heterocycles. The Balaban J connectivity index is 2.63. The Morgan fingerprint density at radius 1 is 1.29 bits per heavy atom. The van der Waals surface area contributed by atoms with Crippen LogP contribution in [0.2, 0.25) is 0 Å². The van der Waals surface area contributed by atoms with Crippen molar-refractivity contribution in [3.05, 3.63) is 28.2 Å². The van der Waals surface area contributed by atoms with Crippen molar-refractivity contribution in [2.24, 2.45) is 0 Å². The largest absolute Gasteiger partial charge is 0.492 e. The van der Waals surface area contributed by atoms with Gasteiger partial charge in [-0.15, -0.1) is 0 Å². The third kappa shape index (κ3) is 4.60. The van der Waals surface area contributed by atoms with Crippen LogP contribution in [0.5, 0.6) is 5.75 Å². The third-order valence-corrected chi connectivity index (χ3v) is 3.92. The lowest BCUT2D eigenvalue weighted by Gasteiger charge is -2.23. The lowest BCUT2D eigenvalue weighted by atomic mass is 10.1. The van der Waals surface area contributed by atoms with Crippen molar-refractivity contribution < 1.29 is 9.47 Å². The zero-order valence-electron chi connectivity index (χ0n) is 10.4. The van der Waals surface area contributed by atoms with Crippen LogP contribution in [0.3, 0.4) is 0 Å².